The first-order chi connectivity index (χ1) is 18.5. The lowest BCUT2D eigenvalue weighted by molar-refractivity contribution is -0.175. The number of hydrogen-bond acceptors (Lipinski definition) is 8. The molecule has 1 aromatic heterocycles. The summed E-state index contributed by atoms with van der Waals surface area (Å²) in [6, 6.07) is 2.11. The number of nitrogens with zero attached hydrogens (tertiary/aromatic N) is 3. The SMILES string of the molecule is Cc1noc([C@]23CCC(C)(C)C[C@H]2[C@H]2C(=O)C=C4[C@@]5(C)[C@H]6O[C@@]6(C#N)C(=O)[C@@](C)(O)[C@@H]5CC[C@@]4(C)[C@]2(C)CC3)n1. The fraction of sp³-hybridized carbons (Fsp3) is 0.781. The van der Waals surface area contributed by atoms with Gasteiger partial charge in [0.05, 0.1) is 5.41 Å². The van der Waals surface area contributed by atoms with Gasteiger partial charge in [-0.3, -0.25) is 9.59 Å². The maximum atomic E-state index is 14.6. The van der Waals surface area contributed by atoms with E-state index < -0.39 is 34.4 Å². The average molecular weight is 548 g/mol. The van der Waals surface area contributed by atoms with Crippen LogP contribution in [-0.4, -0.2) is 44.1 Å². The highest BCUT2D eigenvalue weighted by molar-refractivity contribution is 6.02. The number of rotatable bonds is 1. The smallest absolute Gasteiger partial charge is 0.243 e. The molecule has 5 aliphatic carbocycles. The monoisotopic (exact) mass is 547 g/mol. The van der Waals surface area contributed by atoms with Crippen molar-refractivity contribution in [2.24, 2.45) is 39.4 Å². The Morgan fingerprint density at radius 1 is 1.05 bits per heavy atom. The number of epoxide rings is 1. The number of carbonyl (C=O) groups excluding carboxylic acids is 2. The van der Waals surface area contributed by atoms with Crippen molar-refractivity contribution in [3.63, 3.8) is 0 Å². The molecule has 6 aliphatic rings. The zero-order valence-corrected chi connectivity index (χ0v) is 24.8. The molecule has 1 aliphatic heterocycles. The normalized spacial score (nSPS) is 52.2. The van der Waals surface area contributed by atoms with Gasteiger partial charge in [-0.15, -0.1) is 0 Å². The topological polar surface area (TPSA) is 130 Å². The fourth-order valence-electron chi connectivity index (χ4n) is 11.0. The number of Topliss-reactive ketones (excluding diaryl/α,β-unsaturated/α-hetero) is 1. The van der Waals surface area contributed by atoms with E-state index in [1.165, 1.54) is 0 Å². The molecule has 4 saturated carbocycles. The van der Waals surface area contributed by atoms with Gasteiger partial charge in [0.15, 0.2) is 11.6 Å². The van der Waals surface area contributed by atoms with E-state index in [9.17, 15) is 20.0 Å². The van der Waals surface area contributed by atoms with Gasteiger partial charge in [-0.2, -0.15) is 10.2 Å². The molecule has 8 nitrogen and oxygen atoms in total. The van der Waals surface area contributed by atoms with Gasteiger partial charge in [-0.05, 0) is 87.0 Å². The Kier molecular flexibility index (Phi) is 4.86. The summed E-state index contributed by atoms with van der Waals surface area (Å²) in [5.74, 6) is 0.310. The largest absolute Gasteiger partial charge is 0.382 e. The molecule has 8 heteroatoms. The van der Waals surface area contributed by atoms with Crippen LogP contribution in [0.25, 0.3) is 0 Å². The van der Waals surface area contributed by atoms with Crippen LogP contribution >= 0.6 is 0 Å². The van der Waals surface area contributed by atoms with Crippen LogP contribution in [0.3, 0.4) is 0 Å². The van der Waals surface area contributed by atoms with Gasteiger partial charge in [-0.25, -0.2) is 0 Å². The Bertz CT molecular complexity index is 1440. The maximum absolute atomic E-state index is 14.6. The average Bonchev–Trinajstić information content (AvgIpc) is 3.50. The third-order valence-corrected chi connectivity index (χ3v) is 13.4. The maximum Gasteiger partial charge on any atom is 0.243 e. The Labute approximate surface area is 235 Å². The van der Waals surface area contributed by atoms with Crippen LogP contribution in [0.15, 0.2) is 16.2 Å². The summed E-state index contributed by atoms with van der Waals surface area (Å²) in [5.41, 5.74) is -4.12. The molecule has 5 fully saturated rings. The Hall–Kier alpha value is -2.37. The first-order valence-electron chi connectivity index (χ1n) is 15.0. The predicted octanol–water partition coefficient (Wildman–Crippen LogP) is 4.79. The molecule has 7 rings (SSSR count). The van der Waals surface area contributed by atoms with Crippen LogP contribution in [0.4, 0.5) is 0 Å². The predicted molar refractivity (Wildman–Crippen MR) is 144 cm³/mol. The van der Waals surface area contributed by atoms with E-state index in [-0.39, 0.29) is 39.3 Å². The standard InChI is InChI=1S/C32H41N3O5/c1-17-34-25(40-35-17)31-12-10-26(2,3)15-18(31)22-19(36)14-21-27(4,28(22,5)11-13-31)9-8-20-29(21,6)24-32(16-33,39-24)23(37)30(20,7)38/h14,18,20,22,24,38H,8-13,15H2,1-7H3/t18-,20+,22-,24+,27+,28+,29-,30-,31-,32-/m0/s1. The van der Waals surface area contributed by atoms with Gasteiger partial charge in [0.25, 0.3) is 0 Å². The summed E-state index contributed by atoms with van der Waals surface area (Å²) >= 11 is 0. The molecule has 10 atom stereocenters. The lowest BCUT2D eigenvalue weighted by Crippen LogP contribution is -2.69. The molecule has 0 aromatic carbocycles. The first kappa shape index (κ1) is 26.5. The Morgan fingerprint density at radius 3 is 2.40 bits per heavy atom. The second-order valence-electron chi connectivity index (χ2n) is 15.7. The van der Waals surface area contributed by atoms with E-state index in [1.54, 1.807) is 6.92 Å². The molecular formula is C32H41N3O5. The lowest BCUT2D eigenvalue weighted by atomic mass is 9.34. The highest BCUT2D eigenvalue weighted by Gasteiger charge is 2.83. The van der Waals surface area contributed by atoms with Gasteiger partial charge in [0.1, 0.15) is 17.8 Å². The fourth-order valence-corrected chi connectivity index (χ4v) is 11.0. The number of aromatic nitrogens is 2. The molecule has 0 spiro atoms. The summed E-state index contributed by atoms with van der Waals surface area (Å²) in [4.78, 5) is 32.7. The van der Waals surface area contributed by atoms with Crippen molar-refractivity contribution in [2.75, 3.05) is 0 Å². The summed E-state index contributed by atoms with van der Waals surface area (Å²) < 4.78 is 11.9. The van der Waals surface area contributed by atoms with Crippen LogP contribution in [0, 0.1) is 57.7 Å². The molecule has 0 unspecified atom stereocenters. The molecule has 1 saturated heterocycles. The number of ketones is 2. The van der Waals surface area contributed by atoms with E-state index in [0.29, 0.717) is 18.1 Å². The minimum Gasteiger partial charge on any atom is -0.382 e. The van der Waals surface area contributed by atoms with E-state index in [1.807, 2.05) is 19.9 Å². The summed E-state index contributed by atoms with van der Waals surface area (Å²) in [5, 5.41) is 25.8. The van der Waals surface area contributed by atoms with Crippen molar-refractivity contribution >= 4 is 11.6 Å². The molecule has 214 valence electrons. The number of allylic oxidation sites excluding steroid dienone is 1. The Morgan fingerprint density at radius 2 is 1.75 bits per heavy atom. The second-order valence-corrected chi connectivity index (χ2v) is 15.7. The number of nitriles is 1. The van der Waals surface area contributed by atoms with Gasteiger partial charge in [-0.1, -0.05) is 45.3 Å². The van der Waals surface area contributed by atoms with Gasteiger partial charge >= 0.3 is 0 Å². The summed E-state index contributed by atoms with van der Waals surface area (Å²) in [6.07, 6.45) is 7.17. The van der Waals surface area contributed by atoms with Crippen molar-refractivity contribution in [1.82, 2.24) is 10.1 Å². The van der Waals surface area contributed by atoms with Crippen LogP contribution in [0.1, 0.15) is 98.2 Å². The first-order valence-corrected chi connectivity index (χ1v) is 15.0. The van der Waals surface area contributed by atoms with Gasteiger partial charge in [0, 0.05) is 17.3 Å². The van der Waals surface area contributed by atoms with Crippen molar-refractivity contribution in [3.8, 4) is 6.07 Å². The Balaban J connectivity index is 1.40. The van der Waals surface area contributed by atoms with Crippen LogP contribution in [0.5, 0.6) is 0 Å². The minimum absolute atomic E-state index is 0.0638. The summed E-state index contributed by atoms with van der Waals surface area (Å²) in [7, 11) is 0. The quantitative estimate of drug-likeness (QED) is 0.497. The van der Waals surface area contributed by atoms with Crippen molar-refractivity contribution in [2.45, 2.75) is 116 Å². The highest BCUT2D eigenvalue weighted by atomic mass is 16.6. The molecule has 0 radical (unpaired) electrons. The lowest BCUT2D eigenvalue weighted by Gasteiger charge is -2.68. The van der Waals surface area contributed by atoms with Crippen LogP contribution in [0.2, 0.25) is 0 Å². The van der Waals surface area contributed by atoms with E-state index in [4.69, 9.17) is 14.2 Å². The molecule has 40 heavy (non-hydrogen) atoms. The minimum atomic E-state index is -1.70. The third kappa shape index (κ3) is 2.75. The van der Waals surface area contributed by atoms with Gasteiger partial charge in [0.2, 0.25) is 17.3 Å². The molecule has 0 amide bonds. The summed E-state index contributed by atoms with van der Waals surface area (Å²) in [6.45, 7) is 14.6. The van der Waals surface area contributed by atoms with Crippen LogP contribution in [-0.2, 0) is 19.7 Å². The zero-order valence-electron chi connectivity index (χ0n) is 24.8. The second kappa shape index (κ2) is 7.33. The number of ether oxygens (including phenoxy) is 1. The molecule has 2 heterocycles. The molecular weight excluding hydrogens is 506 g/mol. The van der Waals surface area contributed by atoms with Crippen LogP contribution < -0.4 is 0 Å². The van der Waals surface area contributed by atoms with Crippen molar-refractivity contribution in [1.29, 1.82) is 5.26 Å². The number of carbonyl (C=O) groups is 2. The third-order valence-electron chi connectivity index (χ3n) is 13.4. The number of hydrogen-bond donors (Lipinski definition) is 1. The number of fused-ring (bicyclic) bond motifs is 9. The number of aryl methyl sites for hydroxylation is 1. The van der Waals surface area contributed by atoms with E-state index in [2.05, 4.69) is 38.9 Å². The molecule has 1 N–H and O–H groups in total. The van der Waals surface area contributed by atoms with Crippen molar-refractivity contribution in [3.05, 3.63) is 23.4 Å². The zero-order chi connectivity index (χ0) is 28.9. The highest BCUT2D eigenvalue weighted by Crippen LogP contribution is 2.76. The molecule has 0 bridgehead atoms. The molecule has 1 aromatic rings. The van der Waals surface area contributed by atoms with Gasteiger partial charge < -0.3 is 14.4 Å². The number of aliphatic hydroxyl groups is 1. The van der Waals surface area contributed by atoms with E-state index in [0.717, 1.165) is 44.1 Å². The van der Waals surface area contributed by atoms with Crippen molar-refractivity contribution < 1.29 is 24.0 Å². The van der Waals surface area contributed by atoms with E-state index >= 15 is 0 Å².